The van der Waals surface area contributed by atoms with Crippen LogP contribution in [0.4, 0.5) is 24.7 Å². The molecule has 1 aromatic heterocycles. The Morgan fingerprint density at radius 1 is 1.58 bits per heavy atom. The summed E-state index contributed by atoms with van der Waals surface area (Å²) in [5.41, 5.74) is -0.287. The molecule has 1 N–H and O–H groups in total. The molecule has 1 unspecified atom stereocenters. The predicted molar refractivity (Wildman–Crippen MR) is 59.9 cm³/mol. The molecule has 7 nitrogen and oxygen atoms in total. The summed E-state index contributed by atoms with van der Waals surface area (Å²) in [6, 6.07) is -1.70. The maximum Gasteiger partial charge on any atom is 0.405 e. The van der Waals surface area contributed by atoms with E-state index in [-0.39, 0.29) is 31.1 Å². The van der Waals surface area contributed by atoms with Crippen LogP contribution in [0, 0.1) is 10.1 Å². The van der Waals surface area contributed by atoms with Crippen molar-refractivity contribution in [3.8, 4) is 0 Å². The number of alkyl halides is 3. The van der Waals surface area contributed by atoms with E-state index in [4.69, 9.17) is 0 Å². The first-order valence-electron chi connectivity index (χ1n) is 5.52. The lowest BCUT2D eigenvalue weighted by Crippen LogP contribution is -2.57. The zero-order chi connectivity index (χ0) is 14.2. The summed E-state index contributed by atoms with van der Waals surface area (Å²) in [6.45, 7) is -0.0106. The number of halogens is 3. The molecule has 10 heteroatoms. The molecule has 1 atom stereocenters. The number of hydrogen-bond acceptors (Lipinski definition) is 5. The third-order valence-corrected chi connectivity index (χ3v) is 2.96. The summed E-state index contributed by atoms with van der Waals surface area (Å²) in [7, 11) is 1.47. The molecular formula is C9H12F3N5O2. The minimum atomic E-state index is -4.38. The zero-order valence-electron chi connectivity index (χ0n) is 10.0. The molecule has 1 aliphatic rings. The monoisotopic (exact) mass is 279 g/mol. The van der Waals surface area contributed by atoms with E-state index in [9.17, 15) is 23.3 Å². The third-order valence-electron chi connectivity index (χ3n) is 2.96. The highest BCUT2D eigenvalue weighted by molar-refractivity contribution is 5.58. The third kappa shape index (κ3) is 2.62. The van der Waals surface area contributed by atoms with Crippen molar-refractivity contribution in [2.24, 2.45) is 7.05 Å². The molecule has 1 aliphatic heterocycles. The van der Waals surface area contributed by atoms with Crippen molar-refractivity contribution in [3.05, 3.63) is 16.3 Å². The van der Waals surface area contributed by atoms with Gasteiger partial charge in [0.15, 0.2) is 0 Å². The van der Waals surface area contributed by atoms with Gasteiger partial charge in [-0.1, -0.05) is 0 Å². The lowest BCUT2D eigenvalue weighted by atomic mass is 10.2. The highest BCUT2D eigenvalue weighted by Gasteiger charge is 2.43. The second kappa shape index (κ2) is 4.68. The Labute approximate surface area is 106 Å². The molecule has 0 saturated carbocycles. The molecule has 0 aromatic carbocycles. The van der Waals surface area contributed by atoms with Crippen molar-refractivity contribution in [1.29, 1.82) is 0 Å². The lowest BCUT2D eigenvalue weighted by molar-refractivity contribution is -0.384. The lowest BCUT2D eigenvalue weighted by Gasteiger charge is -2.35. The average molecular weight is 279 g/mol. The number of nitrogens with zero attached hydrogens (tertiary/aromatic N) is 4. The van der Waals surface area contributed by atoms with Crippen LogP contribution in [-0.4, -0.2) is 46.6 Å². The quantitative estimate of drug-likeness (QED) is 0.636. The molecule has 1 saturated heterocycles. The Balaban J connectivity index is 2.27. The summed E-state index contributed by atoms with van der Waals surface area (Å²) in [4.78, 5) is 11.5. The molecular weight excluding hydrogens is 267 g/mol. The van der Waals surface area contributed by atoms with Gasteiger partial charge in [0.1, 0.15) is 12.2 Å². The van der Waals surface area contributed by atoms with Gasteiger partial charge in [-0.25, -0.2) is 4.68 Å². The van der Waals surface area contributed by atoms with Crippen molar-refractivity contribution in [2.45, 2.75) is 12.2 Å². The van der Waals surface area contributed by atoms with Crippen molar-refractivity contribution in [2.75, 3.05) is 24.5 Å². The topological polar surface area (TPSA) is 76.2 Å². The first kappa shape index (κ1) is 13.6. The summed E-state index contributed by atoms with van der Waals surface area (Å²) >= 11 is 0. The molecule has 0 aliphatic carbocycles. The Kier molecular flexibility index (Phi) is 3.35. The van der Waals surface area contributed by atoms with Gasteiger partial charge in [-0.3, -0.25) is 10.1 Å². The van der Waals surface area contributed by atoms with Crippen LogP contribution >= 0.6 is 0 Å². The normalized spacial score (nSPS) is 20.6. The van der Waals surface area contributed by atoms with Gasteiger partial charge in [0.2, 0.25) is 5.82 Å². The van der Waals surface area contributed by atoms with Crippen LogP contribution in [0.2, 0.25) is 0 Å². The SMILES string of the molecule is Cn1ncc([N+](=O)[O-])c1N1CCNC(C(F)(F)F)C1. The molecule has 2 rings (SSSR count). The van der Waals surface area contributed by atoms with Gasteiger partial charge in [0, 0.05) is 26.7 Å². The first-order valence-corrected chi connectivity index (χ1v) is 5.52. The standard InChI is InChI=1S/C9H12F3N5O2/c1-15-8(6(4-14-15)17(18)19)16-3-2-13-7(5-16)9(10,11)12/h4,7,13H,2-3,5H2,1H3. The molecule has 0 radical (unpaired) electrons. The molecule has 106 valence electrons. The van der Waals surface area contributed by atoms with E-state index in [0.717, 1.165) is 6.20 Å². The van der Waals surface area contributed by atoms with E-state index >= 15 is 0 Å². The molecule has 2 heterocycles. The number of piperazine rings is 1. The van der Waals surface area contributed by atoms with Crippen LogP contribution in [0.15, 0.2) is 6.20 Å². The highest BCUT2D eigenvalue weighted by Crippen LogP contribution is 2.30. The smallest absolute Gasteiger partial charge is 0.348 e. The van der Waals surface area contributed by atoms with Crippen LogP contribution in [0.25, 0.3) is 0 Å². The van der Waals surface area contributed by atoms with Gasteiger partial charge in [0.05, 0.1) is 4.92 Å². The van der Waals surface area contributed by atoms with Crippen LogP contribution in [0.1, 0.15) is 0 Å². The van der Waals surface area contributed by atoms with Gasteiger partial charge in [0.25, 0.3) is 0 Å². The molecule has 19 heavy (non-hydrogen) atoms. The first-order chi connectivity index (χ1) is 8.80. The van der Waals surface area contributed by atoms with E-state index in [1.807, 2.05) is 0 Å². The van der Waals surface area contributed by atoms with Crippen LogP contribution in [-0.2, 0) is 7.05 Å². The molecule has 0 spiro atoms. The number of aromatic nitrogens is 2. The van der Waals surface area contributed by atoms with Gasteiger partial charge in [-0.2, -0.15) is 18.3 Å². The van der Waals surface area contributed by atoms with Crippen molar-refractivity contribution in [1.82, 2.24) is 15.1 Å². The number of nitro groups is 1. The van der Waals surface area contributed by atoms with E-state index in [1.54, 1.807) is 0 Å². The van der Waals surface area contributed by atoms with Crippen molar-refractivity contribution < 1.29 is 18.1 Å². The minimum Gasteiger partial charge on any atom is -0.348 e. The molecule has 0 bridgehead atoms. The Hall–Kier alpha value is -1.84. The number of anilines is 1. The predicted octanol–water partition coefficient (Wildman–Crippen LogP) is 0.669. The van der Waals surface area contributed by atoms with Crippen LogP contribution in [0.5, 0.6) is 0 Å². The van der Waals surface area contributed by atoms with Crippen LogP contribution < -0.4 is 10.2 Å². The van der Waals surface area contributed by atoms with E-state index in [0.29, 0.717) is 0 Å². The Morgan fingerprint density at radius 2 is 2.26 bits per heavy atom. The Bertz CT molecular complexity index is 487. The fourth-order valence-corrected chi connectivity index (χ4v) is 2.08. The number of hydrogen-bond donors (Lipinski definition) is 1. The summed E-state index contributed by atoms with van der Waals surface area (Å²) in [6.07, 6.45) is -3.34. The molecule has 1 aromatic rings. The summed E-state index contributed by atoms with van der Waals surface area (Å²) in [5, 5.41) is 16.9. The minimum absolute atomic E-state index is 0.0979. The van der Waals surface area contributed by atoms with Gasteiger partial charge in [-0.15, -0.1) is 0 Å². The maximum atomic E-state index is 12.7. The highest BCUT2D eigenvalue weighted by atomic mass is 19.4. The van der Waals surface area contributed by atoms with Gasteiger partial charge >= 0.3 is 11.9 Å². The van der Waals surface area contributed by atoms with Gasteiger partial charge in [-0.05, 0) is 0 Å². The molecule has 1 fully saturated rings. The van der Waals surface area contributed by atoms with Crippen molar-refractivity contribution in [3.63, 3.8) is 0 Å². The second-order valence-electron chi connectivity index (χ2n) is 4.23. The van der Waals surface area contributed by atoms with Crippen molar-refractivity contribution >= 4 is 11.5 Å². The fourth-order valence-electron chi connectivity index (χ4n) is 2.08. The average Bonchev–Trinajstić information content (AvgIpc) is 2.70. The van der Waals surface area contributed by atoms with E-state index in [2.05, 4.69) is 10.4 Å². The number of aryl methyl sites for hydroxylation is 1. The molecule has 0 amide bonds. The Morgan fingerprint density at radius 3 is 2.84 bits per heavy atom. The maximum absolute atomic E-state index is 12.7. The van der Waals surface area contributed by atoms with Crippen LogP contribution in [0.3, 0.4) is 0 Å². The van der Waals surface area contributed by atoms with Gasteiger partial charge < -0.3 is 10.2 Å². The number of rotatable bonds is 2. The number of nitrogens with one attached hydrogen (secondary N) is 1. The second-order valence-corrected chi connectivity index (χ2v) is 4.23. The van der Waals surface area contributed by atoms with E-state index in [1.165, 1.54) is 16.6 Å². The van der Waals surface area contributed by atoms with E-state index < -0.39 is 17.1 Å². The zero-order valence-corrected chi connectivity index (χ0v) is 10.0. The summed E-state index contributed by atoms with van der Waals surface area (Å²) < 4.78 is 39.2. The summed E-state index contributed by atoms with van der Waals surface area (Å²) in [5.74, 6) is 0.0979. The fraction of sp³-hybridized carbons (Fsp3) is 0.667. The largest absolute Gasteiger partial charge is 0.405 e.